The highest BCUT2D eigenvalue weighted by molar-refractivity contribution is 5.99. The first-order chi connectivity index (χ1) is 16.0. The lowest BCUT2D eigenvalue weighted by atomic mass is 10.0. The smallest absolute Gasteiger partial charge is 0.247 e. The van der Waals surface area contributed by atoms with Crippen molar-refractivity contribution in [2.75, 3.05) is 16.4 Å². The molecule has 7 heteroatoms. The van der Waals surface area contributed by atoms with Gasteiger partial charge in [0.2, 0.25) is 5.91 Å². The summed E-state index contributed by atoms with van der Waals surface area (Å²) in [4.78, 5) is 15.8. The van der Waals surface area contributed by atoms with Crippen LogP contribution in [-0.4, -0.2) is 10.9 Å². The standard InChI is InChI=1S/C26H21FN4O2/c1-2-24(32)30-18-10-13-21(27)23(16-18)31-22-14-15-29-26(28)25(22)17-8-11-20(12-9-17)33-19-6-4-3-5-7-19/h2-16H,1H2,(H,30,32)(H3,28,29,31). The van der Waals surface area contributed by atoms with Crippen LogP contribution in [0.5, 0.6) is 11.5 Å². The molecule has 4 rings (SSSR count). The zero-order valence-corrected chi connectivity index (χ0v) is 17.6. The van der Waals surface area contributed by atoms with Crippen LogP contribution in [0.2, 0.25) is 0 Å². The Bertz CT molecular complexity index is 1290. The van der Waals surface area contributed by atoms with Gasteiger partial charge in [0, 0.05) is 17.4 Å². The number of ether oxygens (including phenoxy) is 1. The quantitative estimate of drug-likeness (QED) is 0.301. The van der Waals surface area contributed by atoms with Gasteiger partial charge in [-0.25, -0.2) is 9.37 Å². The predicted octanol–water partition coefficient (Wildman–Crippen LogP) is 6.13. The second-order valence-electron chi connectivity index (χ2n) is 7.07. The van der Waals surface area contributed by atoms with Gasteiger partial charge in [0.05, 0.1) is 11.4 Å². The Morgan fingerprint density at radius 2 is 1.70 bits per heavy atom. The maximum absolute atomic E-state index is 14.5. The van der Waals surface area contributed by atoms with Crippen LogP contribution in [0.4, 0.5) is 27.3 Å². The van der Waals surface area contributed by atoms with E-state index in [-0.39, 0.29) is 17.4 Å². The average Bonchev–Trinajstić information content (AvgIpc) is 2.83. The maximum atomic E-state index is 14.5. The minimum absolute atomic E-state index is 0.174. The Balaban J connectivity index is 1.62. The summed E-state index contributed by atoms with van der Waals surface area (Å²) in [5, 5.41) is 5.68. The van der Waals surface area contributed by atoms with E-state index in [1.807, 2.05) is 54.6 Å². The van der Waals surface area contributed by atoms with E-state index in [1.165, 1.54) is 24.4 Å². The molecule has 1 heterocycles. The number of para-hydroxylation sites is 1. The third-order valence-corrected chi connectivity index (χ3v) is 4.79. The number of amides is 1. The molecule has 6 nitrogen and oxygen atoms in total. The predicted molar refractivity (Wildman–Crippen MR) is 129 cm³/mol. The van der Waals surface area contributed by atoms with Crippen molar-refractivity contribution in [1.29, 1.82) is 0 Å². The summed E-state index contributed by atoms with van der Waals surface area (Å²) in [5.74, 6) is 0.804. The number of nitrogens with two attached hydrogens (primary N) is 1. The van der Waals surface area contributed by atoms with Crippen molar-refractivity contribution in [2.45, 2.75) is 0 Å². The highest BCUT2D eigenvalue weighted by Gasteiger charge is 2.13. The average molecular weight is 440 g/mol. The van der Waals surface area contributed by atoms with Gasteiger partial charge in [-0.15, -0.1) is 0 Å². The molecule has 0 spiro atoms. The minimum atomic E-state index is -0.487. The number of carbonyl (C=O) groups is 1. The van der Waals surface area contributed by atoms with E-state index in [4.69, 9.17) is 10.5 Å². The first kappa shape index (κ1) is 21.6. The van der Waals surface area contributed by atoms with Crippen molar-refractivity contribution in [1.82, 2.24) is 4.98 Å². The molecule has 0 saturated carbocycles. The number of carbonyl (C=O) groups excluding carboxylic acids is 1. The van der Waals surface area contributed by atoms with E-state index in [2.05, 4.69) is 22.2 Å². The SMILES string of the molecule is C=CC(=O)Nc1ccc(F)c(Nc2ccnc(N)c2-c2ccc(Oc3ccccc3)cc2)c1. The molecule has 0 aliphatic carbocycles. The summed E-state index contributed by atoms with van der Waals surface area (Å²) >= 11 is 0. The van der Waals surface area contributed by atoms with Gasteiger partial charge in [0.1, 0.15) is 23.1 Å². The minimum Gasteiger partial charge on any atom is -0.457 e. The van der Waals surface area contributed by atoms with Gasteiger partial charge in [0.15, 0.2) is 0 Å². The fourth-order valence-electron chi connectivity index (χ4n) is 3.24. The Morgan fingerprint density at radius 1 is 0.970 bits per heavy atom. The molecule has 4 aromatic rings. The molecule has 0 aliphatic heterocycles. The molecule has 0 saturated heterocycles. The molecule has 4 N–H and O–H groups in total. The topological polar surface area (TPSA) is 89.3 Å². The number of pyridine rings is 1. The number of nitrogens with zero attached hydrogens (tertiary/aromatic N) is 1. The molecule has 0 fully saturated rings. The highest BCUT2D eigenvalue weighted by atomic mass is 19.1. The molecule has 0 atom stereocenters. The van der Waals surface area contributed by atoms with Crippen LogP contribution in [0.25, 0.3) is 11.1 Å². The molecular formula is C26H21FN4O2. The van der Waals surface area contributed by atoms with Gasteiger partial charge in [0.25, 0.3) is 0 Å². The van der Waals surface area contributed by atoms with Gasteiger partial charge in [-0.1, -0.05) is 36.9 Å². The van der Waals surface area contributed by atoms with Crippen LogP contribution in [0, 0.1) is 5.82 Å². The zero-order valence-electron chi connectivity index (χ0n) is 17.6. The van der Waals surface area contributed by atoms with Gasteiger partial charge in [-0.2, -0.15) is 0 Å². The fraction of sp³-hybridized carbons (Fsp3) is 0. The molecule has 0 bridgehead atoms. The summed E-state index contributed by atoms with van der Waals surface area (Å²) in [7, 11) is 0. The summed E-state index contributed by atoms with van der Waals surface area (Å²) in [5.41, 5.74) is 8.73. The summed E-state index contributed by atoms with van der Waals surface area (Å²) in [6.45, 7) is 3.42. The monoisotopic (exact) mass is 440 g/mol. The van der Waals surface area contributed by atoms with Crippen LogP contribution in [0.1, 0.15) is 0 Å². The number of rotatable bonds is 7. The number of nitrogens with one attached hydrogen (secondary N) is 2. The molecule has 0 radical (unpaired) electrons. The van der Waals surface area contributed by atoms with Gasteiger partial charge in [-0.05, 0) is 60.2 Å². The lowest BCUT2D eigenvalue weighted by Crippen LogP contribution is -2.08. The molecule has 0 unspecified atom stereocenters. The van der Waals surface area contributed by atoms with E-state index in [0.29, 0.717) is 22.7 Å². The van der Waals surface area contributed by atoms with Crippen LogP contribution in [-0.2, 0) is 4.79 Å². The van der Waals surface area contributed by atoms with Gasteiger partial charge in [-0.3, -0.25) is 4.79 Å². The number of anilines is 4. The van der Waals surface area contributed by atoms with Crippen molar-refractivity contribution in [3.8, 4) is 22.6 Å². The third kappa shape index (κ3) is 5.16. The van der Waals surface area contributed by atoms with Gasteiger partial charge < -0.3 is 21.1 Å². The lowest BCUT2D eigenvalue weighted by Gasteiger charge is -2.16. The van der Waals surface area contributed by atoms with Crippen molar-refractivity contribution < 1.29 is 13.9 Å². The summed E-state index contributed by atoms with van der Waals surface area (Å²) < 4.78 is 20.4. The van der Waals surface area contributed by atoms with Gasteiger partial charge >= 0.3 is 0 Å². The largest absolute Gasteiger partial charge is 0.457 e. The van der Waals surface area contributed by atoms with Crippen LogP contribution >= 0.6 is 0 Å². The van der Waals surface area contributed by atoms with Crippen molar-refractivity contribution >= 4 is 28.8 Å². The van der Waals surface area contributed by atoms with Crippen LogP contribution in [0.15, 0.2) is 97.7 Å². The van der Waals surface area contributed by atoms with E-state index in [1.54, 1.807) is 6.07 Å². The second kappa shape index (κ2) is 9.65. The number of hydrogen-bond acceptors (Lipinski definition) is 5. The van der Waals surface area contributed by atoms with Crippen LogP contribution < -0.4 is 21.1 Å². The van der Waals surface area contributed by atoms with E-state index < -0.39 is 5.82 Å². The normalized spacial score (nSPS) is 10.3. The lowest BCUT2D eigenvalue weighted by molar-refractivity contribution is -0.111. The molecular weight excluding hydrogens is 419 g/mol. The zero-order chi connectivity index (χ0) is 23.2. The van der Waals surface area contributed by atoms with E-state index in [0.717, 1.165) is 17.4 Å². The summed E-state index contributed by atoms with van der Waals surface area (Å²) in [6.07, 6.45) is 2.68. The molecule has 3 aromatic carbocycles. The third-order valence-electron chi connectivity index (χ3n) is 4.79. The second-order valence-corrected chi connectivity index (χ2v) is 7.07. The first-order valence-electron chi connectivity index (χ1n) is 10.1. The highest BCUT2D eigenvalue weighted by Crippen LogP contribution is 2.36. The Kier molecular flexibility index (Phi) is 6.31. The van der Waals surface area contributed by atoms with E-state index >= 15 is 0 Å². The Morgan fingerprint density at radius 3 is 2.42 bits per heavy atom. The van der Waals surface area contributed by atoms with Crippen molar-refractivity contribution in [3.63, 3.8) is 0 Å². The van der Waals surface area contributed by atoms with Crippen LogP contribution in [0.3, 0.4) is 0 Å². The molecule has 0 aliphatic rings. The summed E-state index contributed by atoms with van der Waals surface area (Å²) in [6, 6.07) is 22.7. The molecule has 33 heavy (non-hydrogen) atoms. The number of halogens is 1. The number of hydrogen-bond donors (Lipinski definition) is 3. The maximum Gasteiger partial charge on any atom is 0.247 e. The molecule has 164 valence electrons. The number of aromatic nitrogens is 1. The molecule has 1 aromatic heterocycles. The first-order valence-corrected chi connectivity index (χ1v) is 10.1. The van der Waals surface area contributed by atoms with E-state index in [9.17, 15) is 9.18 Å². The van der Waals surface area contributed by atoms with Crippen molar-refractivity contribution in [2.24, 2.45) is 0 Å². The molecule has 1 amide bonds. The van der Waals surface area contributed by atoms with Crippen molar-refractivity contribution in [3.05, 3.63) is 104 Å². The number of benzene rings is 3. The fourth-order valence-corrected chi connectivity index (χ4v) is 3.24. The Labute approximate surface area is 190 Å². The Hall–Kier alpha value is -4.65. The number of nitrogen functional groups attached to an aromatic ring is 1.